The molecule has 0 radical (unpaired) electrons. The highest BCUT2D eigenvalue weighted by molar-refractivity contribution is 5.82. The standard InChI is InChI=1S/C16H26N2O2/c1-4-19-13-9-5-6-10-14(13)20-12-8-7-11-16(2,3)15(17)18/h5-6,9-10H,4,7-8,11-12H2,1-3H3,(H3,17,18). The van der Waals surface area contributed by atoms with E-state index < -0.39 is 0 Å². The van der Waals surface area contributed by atoms with Crippen molar-refractivity contribution < 1.29 is 9.47 Å². The average Bonchev–Trinajstić information content (AvgIpc) is 2.40. The van der Waals surface area contributed by atoms with Gasteiger partial charge < -0.3 is 15.2 Å². The van der Waals surface area contributed by atoms with Gasteiger partial charge in [0.1, 0.15) is 0 Å². The number of hydrogen-bond donors (Lipinski definition) is 2. The molecule has 1 aromatic carbocycles. The molecule has 20 heavy (non-hydrogen) atoms. The smallest absolute Gasteiger partial charge is 0.161 e. The molecule has 112 valence electrons. The van der Waals surface area contributed by atoms with Gasteiger partial charge in [-0.2, -0.15) is 0 Å². The zero-order chi connectivity index (χ0) is 15.0. The molecule has 4 nitrogen and oxygen atoms in total. The summed E-state index contributed by atoms with van der Waals surface area (Å²) in [4.78, 5) is 0. The van der Waals surface area contributed by atoms with Gasteiger partial charge in [-0.15, -0.1) is 0 Å². The Labute approximate surface area is 121 Å². The molecule has 0 atom stereocenters. The molecular formula is C16H26N2O2. The SMILES string of the molecule is CCOc1ccccc1OCCCCC(C)(C)C(=N)N. The number of amidine groups is 1. The van der Waals surface area contributed by atoms with E-state index in [-0.39, 0.29) is 11.3 Å². The summed E-state index contributed by atoms with van der Waals surface area (Å²) in [5.74, 6) is 1.83. The summed E-state index contributed by atoms with van der Waals surface area (Å²) in [6.07, 6.45) is 2.83. The molecule has 3 N–H and O–H groups in total. The minimum atomic E-state index is -0.219. The number of benzene rings is 1. The van der Waals surface area contributed by atoms with Crippen LogP contribution in [-0.2, 0) is 0 Å². The third-order valence-corrected chi connectivity index (χ3v) is 3.33. The number of hydrogen-bond acceptors (Lipinski definition) is 3. The molecule has 0 saturated carbocycles. The fourth-order valence-corrected chi connectivity index (χ4v) is 1.83. The van der Waals surface area contributed by atoms with Crippen molar-refractivity contribution in [3.05, 3.63) is 24.3 Å². The highest BCUT2D eigenvalue weighted by Gasteiger charge is 2.20. The van der Waals surface area contributed by atoms with E-state index in [4.69, 9.17) is 20.6 Å². The Hall–Kier alpha value is -1.71. The predicted octanol–water partition coefficient (Wildman–Crippen LogP) is 3.60. The van der Waals surface area contributed by atoms with Crippen molar-refractivity contribution in [2.75, 3.05) is 13.2 Å². The van der Waals surface area contributed by atoms with Gasteiger partial charge in [0.25, 0.3) is 0 Å². The number of nitrogens with one attached hydrogen (secondary N) is 1. The third-order valence-electron chi connectivity index (χ3n) is 3.33. The third kappa shape index (κ3) is 5.11. The van der Waals surface area contributed by atoms with Crippen LogP contribution in [-0.4, -0.2) is 19.0 Å². The Bertz CT molecular complexity index is 430. The van der Waals surface area contributed by atoms with E-state index in [0.717, 1.165) is 30.8 Å². The number of ether oxygens (including phenoxy) is 2. The molecule has 0 amide bonds. The second-order valence-electron chi connectivity index (χ2n) is 5.48. The van der Waals surface area contributed by atoms with Crippen LogP contribution in [0.5, 0.6) is 11.5 Å². The van der Waals surface area contributed by atoms with E-state index in [9.17, 15) is 0 Å². The summed E-state index contributed by atoms with van der Waals surface area (Å²) < 4.78 is 11.3. The van der Waals surface area contributed by atoms with Crippen LogP contribution in [0.25, 0.3) is 0 Å². The van der Waals surface area contributed by atoms with Gasteiger partial charge in [0, 0.05) is 5.41 Å². The first-order valence-electron chi connectivity index (χ1n) is 7.16. The van der Waals surface area contributed by atoms with Crippen molar-refractivity contribution in [3.63, 3.8) is 0 Å². The first kappa shape index (κ1) is 16.3. The van der Waals surface area contributed by atoms with Gasteiger partial charge in [0.2, 0.25) is 0 Å². The maximum Gasteiger partial charge on any atom is 0.161 e. The molecule has 4 heteroatoms. The number of rotatable bonds is 9. The van der Waals surface area contributed by atoms with Crippen molar-refractivity contribution in [2.45, 2.75) is 40.0 Å². The van der Waals surface area contributed by atoms with Crippen molar-refractivity contribution in [1.29, 1.82) is 5.41 Å². The van der Waals surface area contributed by atoms with Gasteiger partial charge in [0.05, 0.1) is 19.0 Å². The van der Waals surface area contributed by atoms with Gasteiger partial charge in [-0.3, -0.25) is 5.41 Å². The Morgan fingerprint density at radius 2 is 1.75 bits per heavy atom. The largest absolute Gasteiger partial charge is 0.490 e. The van der Waals surface area contributed by atoms with Gasteiger partial charge in [-0.1, -0.05) is 26.0 Å². The minimum Gasteiger partial charge on any atom is -0.490 e. The average molecular weight is 278 g/mol. The molecular weight excluding hydrogens is 252 g/mol. The lowest BCUT2D eigenvalue weighted by atomic mass is 9.86. The van der Waals surface area contributed by atoms with Crippen LogP contribution < -0.4 is 15.2 Å². The highest BCUT2D eigenvalue weighted by Crippen LogP contribution is 2.27. The Morgan fingerprint density at radius 3 is 2.30 bits per heavy atom. The molecule has 0 spiro atoms. The van der Waals surface area contributed by atoms with Crippen LogP contribution in [0.1, 0.15) is 40.0 Å². The number of nitrogens with two attached hydrogens (primary N) is 1. The molecule has 1 rings (SSSR count). The lowest BCUT2D eigenvalue weighted by molar-refractivity contribution is 0.266. The monoisotopic (exact) mass is 278 g/mol. The summed E-state index contributed by atoms with van der Waals surface area (Å²) in [5.41, 5.74) is 5.35. The Kier molecular flexibility index (Phi) is 6.36. The normalized spacial score (nSPS) is 11.2. The summed E-state index contributed by atoms with van der Waals surface area (Å²) in [7, 11) is 0. The summed E-state index contributed by atoms with van der Waals surface area (Å²) in [6.45, 7) is 7.24. The van der Waals surface area contributed by atoms with E-state index in [0.29, 0.717) is 13.2 Å². The van der Waals surface area contributed by atoms with Crippen LogP contribution >= 0.6 is 0 Å². The quantitative estimate of drug-likeness (QED) is 0.412. The zero-order valence-corrected chi connectivity index (χ0v) is 12.7. The van der Waals surface area contributed by atoms with E-state index >= 15 is 0 Å². The predicted molar refractivity (Wildman–Crippen MR) is 82.7 cm³/mol. The first-order valence-corrected chi connectivity index (χ1v) is 7.16. The lowest BCUT2D eigenvalue weighted by Crippen LogP contribution is -2.30. The van der Waals surface area contributed by atoms with Gasteiger partial charge in [-0.25, -0.2) is 0 Å². The Balaban J connectivity index is 2.33. The zero-order valence-electron chi connectivity index (χ0n) is 12.7. The summed E-state index contributed by atoms with van der Waals surface area (Å²) in [5, 5.41) is 7.52. The summed E-state index contributed by atoms with van der Waals surface area (Å²) in [6, 6.07) is 7.71. The van der Waals surface area contributed by atoms with Gasteiger partial charge >= 0.3 is 0 Å². The first-order chi connectivity index (χ1) is 9.47. The van der Waals surface area contributed by atoms with Crippen molar-refractivity contribution in [1.82, 2.24) is 0 Å². The maximum atomic E-state index is 7.52. The molecule has 0 fully saturated rings. The van der Waals surface area contributed by atoms with Crippen LogP contribution in [0, 0.1) is 10.8 Å². The molecule has 1 aromatic rings. The van der Waals surface area contributed by atoms with Crippen LogP contribution in [0.2, 0.25) is 0 Å². The summed E-state index contributed by atoms with van der Waals surface area (Å²) >= 11 is 0. The van der Waals surface area contributed by atoms with Crippen molar-refractivity contribution in [3.8, 4) is 11.5 Å². The minimum absolute atomic E-state index is 0.219. The van der Waals surface area contributed by atoms with Crippen LogP contribution in [0.15, 0.2) is 24.3 Å². The second kappa shape index (κ2) is 7.78. The van der Waals surface area contributed by atoms with E-state index in [2.05, 4.69) is 0 Å². The number of unbranched alkanes of at least 4 members (excludes halogenated alkanes) is 1. The van der Waals surface area contributed by atoms with E-state index in [1.165, 1.54) is 0 Å². The molecule has 0 heterocycles. The molecule has 0 bridgehead atoms. The molecule has 0 aliphatic carbocycles. The van der Waals surface area contributed by atoms with E-state index in [1.807, 2.05) is 45.0 Å². The van der Waals surface area contributed by atoms with Crippen LogP contribution in [0.3, 0.4) is 0 Å². The molecule has 0 saturated heterocycles. The molecule has 0 aliphatic heterocycles. The second-order valence-corrected chi connectivity index (χ2v) is 5.48. The van der Waals surface area contributed by atoms with Crippen LogP contribution in [0.4, 0.5) is 0 Å². The number of para-hydroxylation sites is 2. The van der Waals surface area contributed by atoms with E-state index in [1.54, 1.807) is 0 Å². The fraction of sp³-hybridized carbons (Fsp3) is 0.562. The fourth-order valence-electron chi connectivity index (χ4n) is 1.83. The highest BCUT2D eigenvalue weighted by atomic mass is 16.5. The molecule has 0 unspecified atom stereocenters. The lowest BCUT2D eigenvalue weighted by Gasteiger charge is -2.22. The van der Waals surface area contributed by atoms with Crippen molar-refractivity contribution >= 4 is 5.84 Å². The topological polar surface area (TPSA) is 68.3 Å². The maximum absolute atomic E-state index is 7.52. The van der Waals surface area contributed by atoms with Crippen molar-refractivity contribution in [2.24, 2.45) is 11.1 Å². The molecule has 0 aliphatic rings. The Morgan fingerprint density at radius 1 is 1.15 bits per heavy atom. The van der Waals surface area contributed by atoms with Gasteiger partial charge in [0.15, 0.2) is 11.5 Å². The van der Waals surface area contributed by atoms with Gasteiger partial charge in [-0.05, 0) is 38.3 Å². The molecule has 0 aromatic heterocycles.